The monoisotopic (exact) mass is 258 g/mol. The van der Waals surface area contributed by atoms with Gasteiger partial charge in [-0.25, -0.2) is 0 Å². The van der Waals surface area contributed by atoms with Crippen molar-refractivity contribution in [2.45, 2.75) is 13.0 Å². The minimum atomic E-state index is -0.666. The topological polar surface area (TPSA) is 38.7 Å². The number of benzene rings is 2. The van der Waals surface area contributed by atoms with Crippen LogP contribution in [0.1, 0.15) is 18.6 Å². The average molecular weight is 258 g/mol. The van der Waals surface area contributed by atoms with Crippen LogP contribution in [0.3, 0.4) is 0 Å². The molecule has 3 heteroatoms. The molecule has 2 aromatic rings. The molecule has 0 bridgehead atoms. The molecule has 2 aromatic carbocycles. The van der Waals surface area contributed by atoms with Crippen LogP contribution in [-0.2, 0) is 0 Å². The third-order valence-electron chi connectivity index (χ3n) is 2.70. The van der Waals surface area contributed by atoms with Crippen molar-refractivity contribution >= 4 is 0 Å². The summed E-state index contributed by atoms with van der Waals surface area (Å²) in [5.41, 5.74) is 0.793. The molecule has 0 amide bonds. The normalized spacial score (nSPS) is 11.9. The zero-order valence-electron chi connectivity index (χ0n) is 11.0. The van der Waals surface area contributed by atoms with Crippen molar-refractivity contribution in [2.75, 3.05) is 13.2 Å². The molecule has 1 atom stereocenters. The Balaban J connectivity index is 1.95. The van der Waals surface area contributed by atoms with Gasteiger partial charge in [0.25, 0.3) is 0 Å². The highest BCUT2D eigenvalue weighted by Gasteiger charge is 2.09. The molecule has 19 heavy (non-hydrogen) atoms. The van der Waals surface area contributed by atoms with E-state index < -0.39 is 6.10 Å². The highest BCUT2D eigenvalue weighted by atomic mass is 16.5. The van der Waals surface area contributed by atoms with E-state index in [4.69, 9.17) is 9.47 Å². The molecule has 0 aromatic heterocycles. The summed E-state index contributed by atoms with van der Waals surface area (Å²) >= 11 is 0. The zero-order chi connectivity index (χ0) is 13.5. The van der Waals surface area contributed by atoms with Crippen molar-refractivity contribution in [2.24, 2.45) is 0 Å². The lowest BCUT2D eigenvalue weighted by molar-refractivity contribution is 0.108. The average Bonchev–Trinajstić information content (AvgIpc) is 2.46. The second-order valence-corrected chi connectivity index (χ2v) is 4.15. The van der Waals surface area contributed by atoms with E-state index in [1.54, 1.807) is 0 Å². The van der Waals surface area contributed by atoms with Gasteiger partial charge in [0, 0.05) is 0 Å². The van der Waals surface area contributed by atoms with Crippen LogP contribution in [0, 0.1) is 0 Å². The van der Waals surface area contributed by atoms with E-state index >= 15 is 0 Å². The van der Waals surface area contributed by atoms with Gasteiger partial charge in [0.2, 0.25) is 0 Å². The summed E-state index contributed by atoms with van der Waals surface area (Å²) < 4.78 is 10.9. The molecule has 0 radical (unpaired) electrons. The lowest BCUT2D eigenvalue weighted by Gasteiger charge is -2.13. The highest BCUT2D eigenvalue weighted by molar-refractivity contribution is 5.30. The Morgan fingerprint density at radius 1 is 0.947 bits per heavy atom. The SMILES string of the molecule is CCOc1cccc(C(O)COc2ccccc2)c1. The molecule has 0 aliphatic heterocycles. The van der Waals surface area contributed by atoms with Crippen LogP contribution < -0.4 is 9.47 Å². The molecule has 100 valence electrons. The van der Waals surface area contributed by atoms with Crippen LogP contribution in [0.15, 0.2) is 54.6 Å². The molecule has 0 spiro atoms. The Labute approximate surface area is 113 Å². The van der Waals surface area contributed by atoms with Gasteiger partial charge in [-0.05, 0) is 36.8 Å². The lowest BCUT2D eigenvalue weighted by atomic mass is 10.1. The molecule has 0 fully saturated rings. The predicted octanol–water partition coefficient (Wildman–Crippen LogP) is 3.20. The largest absolute Gasteiger partial charge is 0.494 e. The van der Waals surface area contributed by atoms with Crippen LogP contribution >= 0.6 is 0 Å². The van der Waals surface area contributed by atoms with Crippen molar-refractivity contribution in [3.8, 4) is 11.5 Å². The van der Waals surface area contributed by atoms with E-state index in [1.165, 1.54) is 0 Å². The maximum absolute atomic E-state index is 10.1. The highest BCUT2D eigenvalue weighted by Crippen LogP contribution is 2.20. The second-order valence-electron chi connectivity index (χ2n) is 4.15. The Hall–Kier alpha value is -2.00. The third-order valence-corrected chi connectivity index (χ3v) is 2.70. The first-order chi connectivity index (χ1) is 9.29. The molecule has 3 nitrogen and oxygen atoms in total. The van der Waals surface area contributed by atoms with Gasteiger partial charge >= 0.3 is 0 Å². The first-order valence-corrected chi connectivity index (χ1v) is 6.38. The van der Waals surface area contributed by atoms with Crippen molar-refractivity contribution < 1.29 is 14.6 Å². The summed E-state index contributed by atoms with van der Waals surface area (Å²) in [6, 6.07) is 16.9. The molecule has 0 aliphatic carbocycles. The summed E-state index contributed by atoms with van der Waals surface area (Å²) in [5.74, 6) is 1.52. The second kappa shape index (κ2) is 6.81. The Morgan fingerprint density at radius 3 is 2.42 bits per heavy atom. The fourth-order valence-corrected chi connectivity index (χ4v) is 1.77. The predicted molar refractivity (Wildman–Crippen MR) is 74.5 cm³/mol. The quantitative estimate of drug-likeness (QED) is 0.864. The minimum Gasteiger partial charge on any atom is -0.494 e. The number of ether oxygens (including phenoxy) is 2. The molecular weight excluding hydrogens is 240 g/mol. The van der Waals surface area contributed by atoms with E-state index in [0.29, 0.717) is 6.61 Å². The Kier molecular flexibility index (Phi) is 4.81. The number of hydrogen-bond acceptors (Lipinski definition) is 3. The van der Waals surface area contributed by atoms with Crippen LogP contribution in [0.4, 0.5) is 0 Å². The fraction of sp³-hybridized carbons (Fsp3) is 0.250. The van der Waals surface area contributed by atoms with Crippen LogP contribution in [0.25, 0.3) is 0 Å². The van der Waals surface area contributed by atoms with Gasteiger partial charge in [-0.2, -0.15) is 0 Å². The zero-order valence-corrected chi connectivity index (χ0v) is 11.0. The van der Waals surface area contributed by atoms with Gasteiger partial charge in [0.1, 0.15) is 24.2 Å². The number of aliphatic hydroxyl groups is 1. The molecule has 0 aliphatic rings. The number of aliphatic hydroxyl groups excluding tert-OH is 1. The molecular formula is C16H18O3. The Bertz CT molecular complexity index is 496. The van der Waals surface area contributed by atoms with Crippen LogP contribution in [-0.4, -0.2) is 18.3 Å². The summed E-state index contributed by atoms with van der Waals surface area (Å²) in [6.45, 7) is 2.77. The molecule has 1 N–H and O–H groups in total. The van der Waals surface area contributed by atoms with Gasteiger partial charge in [-0.1, -0.05) is 30.3 Å². The fourth-order valence-electron chi connectivity index (χ4n) is 1.77. The molecule has 0 heterocycles. The smallest absolute Gasteiger partial charge is 0.119 e. The summed E-state index contributed by atoms with van der Waals surface area (Å²) in [5, 5.41) is 10.1. The van der Waals surface area contributed by atoms with Crippen molar-refractivity contribution in [1.82, 2.24) is 0 Å². The number of rotatable bonds is 6. The molecule has 1 unspecified atom stereocenters. The molecule has 0 saturated heterocycles. The first-order valence-electron chi connectivity index (χ1n) is 6.38. The minimum absolute atomic E-state index is 0.222. The van der Waals surface area contributed by atoms with Crippen molar-refractivity contribution in [3.05, 3.63) is 60.2 Å². The van der Waals surface area contributed by atoms with Crippen molar-refractivity contribution in [1.29, 1.82) is 0 Å². The summed E-state index contributed by atoms with van der Waals surface area (Å²) in [6.07, 6.45) is -0.666. The third kappa shape index (κ3) is 4.00. The maximum Gasteiger partial charge on any atom is 0.119 e. The van der Waals surface area contributed by atoms with Gasteiger partial charge in [-0.3, -0.25) is 0 Å². The van der Waals surface area contributed by atoms with Crippen LogP contribution in [0.5, 0.6) is 11.5 Å². The molecule has 0 saturated carbocycles. The lowest BCUT2D eigenvalue weighted by Crippen LogP contribution is -2.09. The van der Waals surface area contributed by atoms with E-state index in [0.717, 1.165) is 17.1 Å². The maximum atomic E-state index is 10.1. The van der Waals surface area contributed by atoms with Gasteiger partial charge in [0.15, 0.2) is 0 Å². The van der Waals surface area contributed by atoms with Crippen LogP contribution in [0.2, 0.25) is 0 Å². The van der Waals surface area contributed by atoms with Gasteiger partial charge in [0.05, 0.1) is 6.61 Å². The summed E-state index contributed by atoms with van der Waals surface area (Å²) in [4.78, 5) is 0. The Morgan fingerprint density at radius 2 is 1.68 bits per heavy atom. The molecule has 2 rings (SSSR count). The summed E-state index contributed by atoms with van der Waals surface area (Å²) in [7, 11) is 0. The van der Waals surface area contributed by atoms with Gasteiger partial charge < -0.3 is 14.6 Å². The van der Waals surface area contributed by atoms with E-state index in [1.807, 2.05) is 61.5 Å². The van der Waals surface area contributed by atoms with E-state index in [-0.39, 0.29) is 6.61 Å². The first kappa shape index (κ1) is 13.4. The van der Waals surface area contributed by atoms with Gasteiger partial charge in [-0.15, -0.1) is 0 Å². The number of para-hydroxylation sites is 1. The van der Waals surface area contributed by atoms with Crippen molar-refractivity contribution in [3.63, 3.8) is 0 Å². The van der Waals surface area contributed by atoms with E-state index in [9.17, 15) is 5.11 Å². The standard InChI is InChI=1S/C16H18O3/c1-2-18-15-10-6-7-13(11-15)16(17)12-19-14-8-4-3-5-9-14/h3-11,16-17H,2,12H2,1H3. The van der Waals surface area contributed by atoms with E-state index in [2.05, 4.69) is 0 Å². The number of hydrogen-bond donors (Lipinski definition) is 1.